The van der Waals surface area contributed by atoms with E-state index in [1.807, 2.05) is 0 Å². The zero-order valence-corrected chi connectivity index (χ0v) is 10.5. The van der Waals surface area contributed by atoms with E-state index in [4.69, 9.17) is 11.6 Å². The molecule has 0 aromatic heterocycles. The monoisotopic (exact) mass is 298 g/mol. The molecule has 0 amide bonds. The zero-order valence-electron chi connectivity index (χ0n) is 6.74. The Labute approximate surface area is 110 Å². The molecule has 0 spiro atoms. The molecular weight excluding hydrogens is 297 g/mol. The number of ether oxygens (including phenoxy) is 1. The summed E-state index contributed by atoms with van der Waals surface area (Å²) in [6.07, 6.45) is -4.67. The molecule has 0 aliphatic carbocycles. The van der Waals surface area contributed by atoms with Gasteiger partial charge in [0.15, 0.2) is 0 Å². The van der Waals surface area contributed by atoms with E-state index >= 15 is 0 Å². The van der Waals surface area contributed by atoms with Gasteiger partial charge in [-0.2, -0.15) is 6.07 Å². The summed E-state index contributed by atoms with van der Waals surface area (Å²) in [5.74, 6) is -0.327. The van der Waals surface area contributed by atoms with Gasteiger partial charge in [-0.05, 0) is 0 Å². The summed E-state index contributed by atoms with van der Waals surface area (Å²) in [6.45, 7) is 0. The van der Waals surface area contributed by atoms with Crippen molar-refractivity contribution in [2.45, 2.75) is 6.36 Å². The molecule has 0 fully saturated rings. The molecule has 14 heavy (non-hydrogen) atoms. The van der Waals surface area contributed by atoms with Crippen LogP contribution in [-0.4, -0.2) is 29.4 Å². The van der Waals surface area contributed by atoms with Crippen molar-refractivity contribution < 1.29 is 34.9 Å². The first-order chi connectivity index (χ1) is 5.47. The van der Waals surface area contributed by atoms with Crippen LogP contribution >= 0.6 is 11.6 Å². The molecule has 1 aromatic carbocycles. The van der Waals surface area contributed by atoms with Gasteiger partial charge in [0.25, 0.3) is 0 Å². The van der Waals surface area contributed by atoms with Crippen molar-refractivity contribution in [1.29, 1.82) is 0 Å². The summed E-state index contributed by atoms with van der Waals surface area (Å²) in [5, 5.41) is 0.240. The van der Waals surface area contributed by atoms with Crippen molar-refractivity contribution in [3.05, 3.63) is 29.3 Å². The summed E-state index contributed by atoms with van der Waals surface area (Å²) >= 11 is 5.39. The predicted octanol–water partition coefficient (Wildman–Crippen LogP) is -0.338. The van der Waals surface area contributed by atoms with Gasteiger partial charge in [0.1, 0.15) is 0 Å². The number of rotatable bonds is 1. The second kappa shape index (κ2) is 6.76. The van der Waals surface area contributed by atoms with E-state index in [1.165, 1.54) is 6.07 Å². The average molecular weight is 300 g/mol. The Kier molecular flexibility index (Phi) is 8.10. The van der Waals surface area contributed by atoms with Crippen LogP contribution in [0, 0.1) is 6.07 Å². The Hall–Kier alpha value is 0.346. The van der Waals surface area contributed by atoms with Crippen LogP contribution in [0.2, 0.25) is 5.02 Å². The van der Waals surface area contributed by atoms with E-state index in [2.05, 4.69) is 10.8 Å². The molecule has 0 N–H and O–H groups in total. The Morgan fingerprint density at radius 1 is 1.29 bits per heavy atom. The minimum atomic E-state index is -4.67. The molecule has 0 aliphatic rings. The number of hydrogen-bond donors (Lipinski definition) is 0. The van der Waals surface area contributed by atoms with Gasteiger partial charge in [-0.25, -0.2) is 0 Å². The van der Waals surface area contributed by atoms with Gasteiger partial charge in [-0.15, -0.1) is 43.0 Å². The second-order valence-electron chi connectivity index (χ2n) is 1.92. The summed E-state index contributed by atoms with van der Waals surface area (Å²) in [4.78, 5) is 0. The number of hydrogen-bond acceptors (Lipinski definition) is 1. The van der Waals surface area contributed by atoms with E-state index in [0.717, 1.165) is 12.1 Å². The first-order valence-electron chi connectivity index (χ1n) is 2.90. The van der Waals surface area contributed by atoms with Crippen molar-refractivity contribution in [2.24, 2.45) is 0 Å². The molecule has 7 heteroatoms. The maximum atomic E-state index is 11.6. The Morgan fingerprint density at radius 2 is 1.86 bits per heavy atom. The molecule has 0 aliphatic heterocycles. The molecule has 1 aromatic rings. The zero-order chi connectivity index (χ0) is 9.19. The maximum Gasteiger partial charge on any atom is 2.00 e. The first kappa shape index (κ1) is 16.8. The Balaban J connectivity index is 0. The largest absolute Gasteiger partial charge is 2.00 e. The van der Waals surface area contributed by atoms with Gasteiger partial charge in [-0.3, -0.25) is 0 Å². The smallest absolute Gasteiger partial charge is 1.00 e. The molecule has 0 atom stereocenters. The molecule has 0 bridgehead atoms. The molecule has 0 saturated carbocycles. The molecule has 0 unspecified atom stereocenters. The summed E-state index contributed by atoms with van der Waals surface area (Å²) < 4.78 is 38.3. The van der Waals surface area contributed by atoms with Gasteiger partial charge >= 0.3 is 29.4 Å². The topological polar surface area (TPSA) is 9.23 Å². The fraction of sp³-hybridized carbons (Fsp3) is 0.143. The summed E-state index contributed by atoms with van der Waals surface area (Å²) in [6, 6.07) is 5.77. The van der Waals surface area contributed by atoms with Gasteiger partial charge in [0, 0.05) is 5.75 Å². The van der Waals surface area contributed by atoms with Crippen LogP contribution in [0.5, 0.6) is 5.75 Å². The van der Waals surface area contributed by atoms with Crippen molar-refractivity contribution in [3.63, 3.8) is 0 Å². The van der Waals surface area contributed by atoms with E-state index in [-0.39, 0.29) is 50.8 Å². The third kappa shape index (κ3) is 6.75. The molecule has 1 nitrogen and oxygen atoms in total. The van der Waals surface area contributed by atoms with E-state index in [9.17, 15) is 13.2 Å². The predicted molar refractivity (Wildman–Crippen MR) is 42.7 cm³/mol. The molecule has 1 rings (SSSR count). The fourth-order valence-corrected chi connectivity index (χ4v) is 0.706. The van der Waals surface area contributed by atoms with E-state index < -0.39 is 6.36 Å². The fourth-order valence-electron chi connectivity index (χ4n) is 0.589. The third-order valence-corrected chi connectivity index (χ3v) is 1.21. The SMILES string of the molecule is FC(F)(F)Oc1c[c-]c(Cl)cc1.[Br-].[Mg+2]. The van der Waals surface area contributed by atoms with Crippen molar-refractivity contribution in [2.75, 3.05) is 0 Å². The minimum Gasteiger partial charge on any atom is -1.00 e. The standard InChI is InChI=1S/C7H3ClF3O.BrH.Mg/c8-5-1-3-6(4-2-5)12-7(9,10)11;;/h1,3-4H;1H;/q-1;;+2/p-1. The van der Waals surface area contributed by atoms with Crippen LogP contribution in [0.3, 0.4) is 0 Å². The molecular formula is C7H3BrClF3MgO. The normalized spacial score (nSPS) is 9.71. The van der Waals surface area contributed by atoms with Gasteiger partial charge in [0.2, 0.25) is 0 Å². The van der Waals surface area contributed by atoms with Crippen molar-refractivity contribution in [1.82, 2.24) is 0 Å². The van der Waals surface area contributed by atoms with E-state index in [1.54, 1.807) is 0 Å². The van der Waals surface area contributed by atoms with Crippen molar-refractivity contribution >= 4 is 34.7 Å². The van der Waals surface area contributed by atoms with E-state index in [0.29, 0.717) is 0 Å². The quantitative estimate of drug-likeness (QED) is 0.509. The second-order valence-corrected chi connectivity index (χ2v) is 2.33. The van der Waals surface area contributed by atoms with Gasteiger partial charge in [-0.1, -0.05) is 5.02 Å². The van der Waals surface area contributed by atoms with Crippen LogP contribution in [0.4, 0.5) is 13.2 Å². The summed E-state index contributed by atoms with van der Waals surface area (Å²) in [5.41, 5.74) is 0. The molecule has 0 saturated heterocycles. The van der Waals surface area contributed by atoms with Crippen LogP contribution in [0.1, 0.15) is 0 Å². The van der Waals surface area contributed by atoms with Crippen LogP contribution in [0.15, 0.2) is 18.2 Å². The van der Waals surface area contributed by atoms with Crippen LogP contribution < -0.4 is 21.7 Å². The minimum absolute atomic E-state index is 0. The van der Waals surface area contributed by atoms with Gasteiger partial charge in [0.05, 0.1) is 0 Å². The van der Waals surface area contributed by atoms with Crippen molar-refractivity contribution in [3.8, 4) is 5.75 Å². The molecule has 0 heterocycles. The molecule has 0 radical (unpaired) electrons. The number of alkyl halides is 3. The molecule has 74 valence electrons. The van der Waals surface area contributed by atoms with Crippen LogP contribution in [0.25, 0.3) is 0 Å². The average Bonchev–Trinajstić information content (AvgIpc) is 1.91. The van der Waals surface area contributed by atoms with Gasteiger partial charge < -0.3 is 21.7 Å². The Bertz CT molecular complexity index is 265. The number of benzene rings is 1. The first-order valence-corrected chi connectivity index (χ1v) is 3.28. The Morgan fingerprint density at radius 3 is 2.21 bits per heavy atom. The van der Waals surface area contributed by atoms with Crippen LogP contribution in [-0.2, 0) is 0 Å². The third-order valence-electron chi connectivity index (χ3n) is 0.980. The number of halogens is 5. The summed E-state index contributed by atoms with van der Waals surface area (Å²) in [7, 11) is 0. The maximum absolute atomic E-state index is 11.6.